The third-order valence-corrected chi connectivity index (χ3v) is 8.61. The Labute approximate surface area is 230 Å². The molecule has 2 aliphatic carbocycles. The van der Waals surface area contributed by atoms with E-state index in [1.165, 1.54) is 0 Å². The first-order valence-electron chi connectivity index (χ1n) is 15.3. The highest BCUT2D eigenvalue weighted by Gasteiger charge is 2.36. The van der Waals surface area contributed by atoms with E-state index in [0.717, 1.165) is 77.9 Å². The van der Waals surface area contributed by atoms with E-state index < -0.39 is 11.8 Å². The number of rotatable bonds is 13. The molecule has 3 fully saturated rings. The van der Waals surface area contributed by atoms with Gasteiger partial charge in [-0.05, 0) is 90.6 Å². The van der Waals surface area contributed by atoms with E-state index >= 15 is 0 Å². The molecule has 0 aromatic carbocycles. The molecule has 1 saturated heterocycles. The smallest absolute Gasteiger partial charge is 0.320 e. The van der Waals surface area contributed by atoms with E-state index in [0.29, 0.717) is 36.9 Å². The van der Waals surface area contributed by atoms with Gasteiger partial charge in [-0.2, -0.15) is 0 Å². The summed E-state index contributed by atoms with van der Waals surface area (Å²) in [6.07, 6.45) is 6.78. The largest absolute Gasteiger partial charge is 0.459 e. The van der Waals surface area contributed by atoms with Gasteiger partial charge in [0, 0.05) is 38.1 Å². The molecule has 0 amide bonds. The maximum atomic E-state index is 15.0. The van der Waals surface area contributed by atoms with Crippen molar-refractivity contribution in [1.29, 1.82) is 0 Å². The molecule has 0 aromatic heterocycles. The monoisotopic (exact) mass is 541 g/mol. The van der Waals surface area contributed by atoms with Crippen LogP contribution in [0.2, 0.25) is 0 Å². The third-order valence-electron chi connectivity index (χ3n) is 8.61. The van der Waals surface area contributed by atoms with Crippen molar-refractivity contribution in [2.75, 3.05) is 52.4 Å². The van der Waals surface area contributed by atoms with E-state index in [-0.39, 0.29) is 24.7 Å². The number of nitrogens with one attached hydrogen (secondary N) is 4. The van der Waals surface area contributed by atoms with Crippen LogP contribution in [0.25, 0.3) is 0 Å². The van der Waals surface area contributed by atoms with Crippen molar-refractivity contribution < 1.29 is 18.7 Å². The molecule has 9 heteroatoms. The van der Waals surface area contributed by atoms with Crippen LogP contribution in [-0.4, -0.2) is 93.5 Å². The summed E-state index contributed by atoms with van der Waals surface area (Å²) in [5, 5.41) is 14.1. The van der Waals surface area contributed by atoms with Crippen molar-refractivity contribution in [3.63, 3.8) is 0 Å². The molecular weight excluding hydrogens is 485 g/mol. The second kappa shape index (κ2) is 15.8. The lowest BCUT2D eigenvalue weighted by Gasteiger charge is -2.41. The maximum absolute atomic E-state index is 15.0. The lowest BCUT2D eigenvalue weighted by molar-refractivity contribution is -0.153. The van der Waals surface area contributed by atoms with Crippen LogP contribution in [0.1, 0.15) is 79.6 Å². The molecule has 3 aliphatic rings. The number of nitrogens with zero attached hydrogens (tertiary/aromatic N) is 1. The molecule has 1 heterocycles. The maximum Gasteiger partial charge on any atom is 0.320 e. The van der Waals surface area contributed by atoms with E-state index in [9.17, 15) is 9.18 Å². The molecule has 0 spiro atoms. The van der Waals surface area contributed by atoms with Crippen LogP contribution in [0.4, 0.5) is 4.39 Å². The van der Waals surface area contributed by atoms with Gasteiger partial charge < -0.3 is 19.7 Å². The highest BCUT2D eigenvalue weighted by molar-refractivity contribution is 5.72. The minimum Gasteiger partial charge on any atom is -0.459 e. The molecule has 4 N–H and O–H groups in total. The van der Waals surface area contributed by atoms with E-state index in [1.807, 2.05) is 20.8 Å². The van der Waals surface area contributed by atoms with Gasteiger partial charge in [-0.15, -0.1) is 0 Å². The van der Waals surface area contributed by atoms with Gasteiger partial charge in [0.1, 0.15) is 18.1 Å². The molecular formula is C29H56FN5O3. The number of ether oxygens (including phenoxy) is 2. The second-order valence-electron chi connectivity index (χ2n) is 12.6. The van der Waals surface area contributed by atoms with Crippen molar-refractivity contribution in [3.8, 4) is 0 Å². The average molecular weight is 542 g/mol. The second-order valence-corrected chi connectivity index (χ2v) is 12.6. The highest BCUT2D eigenvalue weighted by atomic mass is 19.1. The van der Waals surface area contributed by atoms with Gasteiger partial charge in [-0.25, -0.2) is 4.39 Å². The summed E-state index contributed by atoms with van der Waals surface area (Å²) in [4.78, 5) is 14.3. The minimum atomic E-state index is -0.819. The van der Waals surface area contributed by atoms with Crippen LogP contribution in [0, 0.1) is 17.8 Å². The Morgan fingerprint density at radius 3 is 2.29 bits per heavy atom. The Hall–Kier alpha value is -0.840. The molecule has 0 aromatic rings. The summed E-state index contributed by atoms with van der Waals surface area (Å²) < 4.78 is 26.5. The zero-order valence-corrected chi connectivity index (χ0v) is 24.7. The SMILES string of the molecule is CCN(CC)CCOC1CCC(NC2NCC(C3CCC(CNCC(=O)OC(C)(C)C)C(F)C3)CN2)CC1. The van der Waals surface area contributed by atoms with Gasteiger partial charge in [0.15, 0.2) is 0 Å². The van der Waals surface area contributed by atoms with Crippen molar-refractivity contribution in [2.24, 2.45) is 17.8 Å². The zero-order chi connectivity index (χ0) is 27.5. The molecule has 1 aliphatic heterocycles. The summed E-state index contributed by atoms with van der Waals surface area (Å²) in [5.74, 6) is 0.550. The molecule has 38 heavy (non-hydrogen) atoms. The van der Waals surface area contributed by atoms with E-state index in [2.05, 4.69) is 40.0 Å². The molecule has 3 unspecified atom stereocenters. The van der Waals surface area contributed by atoms with Crippen LogP contribution >= 0.6 is 0 Å². The first-order chi connectivity index (χ1) is 18.2. The quantitative estimate of drug-likeness (QED) is 0.265. The predicted octanol–water partition coefficient (Wildman–Crippen LogP) is 3.02. The van der Waals surface area contributed by atoms with Gasteiger partial charge in [-0.3, -0.25) is 20.7 Å². The summed E-state index contributed by atoms with van der Waals surface area (Å²) in [7, 11) is 0. The number of carbonyl (C=O) groups is 1. The van der Waals surface area contributed by atoms with Gasteiger partial charge in [0.2, 0.25) is 0 Å². The Morgan fingerprint density at radius 2 is 1.68 bits per heavy atom. The van der Waals surface area contributed by atoms with E-state index in [1.54, 1.807) is 0 Å². The van der Waals surface area contributed by atoms with Crippen LogP contribution in [0.5, 0.6) is 0 Å². The van der Waals surface area contributed by atoms with Crippen LogP contribution < -0.4 is 21.3 Å². The lowest BCUT2D eigenvalue weighted by Crippen LogP contribution is -2.63. The van der Waals surface area contributed by atoms with Crippen molar-refractivity contribution in [1.82, 2.24) is 26.2 Å². The Bertz CT molecular complexity index is 674. The molecule has 2 saturated carbocycles. The Balaban J connectivity index is 1.26. The number of hydrogen-bond donors (Lipinski definition) is 4. The fourth-order valence-corrected chi connectivity index (χ4v) is 6.26. The number of esters is 1. The number of halogens is 1. The lowest BCUT2D eigenvalue weighted by atomic mass is 9.74. The first-order valence-corrected chi connectivity index (χ1v) is 15.3. The Kier molecular flexibility index (Phi) is 13.2. The van der Waals surface area contributed by atoms with Crippen molar-refractivity contribution in [3.05, 3.63) is 0 Å². The topological polar surface area (TPSA) is 86.9 Å². The molecule has 222 valence electrons. The van der Waals surface area contributed by atoms with Crippen molar-refractivity contribution >= 4 is 5.97 Å². The van der Waals surface area contributed by atoms with Crippen LogP contribution in [0.15, 0.2) is 0 Å². The van der Waals surface area contributed by atoms with Gasteiger partial charge in [0.25, 0.3) is 0 Å². The first kappa shape index (κ1) is 31.7. The molecule has 8 nitrogen and oxygen atoms in total. The molecule has 0 bridgehead atoms. The minimum absolute atomic E-state index is 0.0241. The summed E-state index contributed by atoms with van der Waals surface area (Å²) in [6, 6.07) is 0.512. The highest BCUT2D eigenvalue weighted by Crippen LogP contribution is 2.35. The predicted molar refractivity (Wildman–Crippen MR) is 151 cm³/mol. The molecule has 3 rings (SSSR count). The van der Waals surface area contributed by atoms with Crippen LogP contribution in [-0.2, 0) is 14.3 Å². The van der Waals surface area contributed by atoms with Crippen molar-refractivity contribution in [2.45, 2.75) is 110 Å². The number of alkyl halides is 1. The normalized spacial score (nSPS) is 32.9. The summed E-state index contributed by atoms with van der Waals surface area (Å²) in [6.45, 7) is 16.5. The number of carbonyl (C=O) groups excluding carboxylic acids is 1. The van der Waals surface area contributed by atoms with Gasteiger partial charge in [-0.1, -0.05) is 13.8 Å². The fourth-order valence-electron chi connectivity index (χ4n) is 6.26. The fraction of sp³-hybridized carbons (Fsp3) is 0.966. The number of likely N-dealkylation sites (N-methyl/N-ethyl adjacent to an activating group) is 1. The molecule has 0 radical (unpaired) electrons. The molecule has 3 atom stereocenters. The van der Waals surface area contributed by atoms with E-state index in [4.69, 9.17) is 9.47 Å². The summed E-state index contributed by atoms with van der Waals surface area (Å²) >= 11 is 0. The Morgan fingerprint density at radius 1 is 1.00 bits per heavy atom. The number of hydrogen-bond acceptors (Lipinski definition) is 8. The standard InChI is InChI=1S/C29H56FN5O3/c1-6-35(7-2)14-15-37-25-12-10-24(11-13-25)34-28-32-18-23(19-33-28)21-8-9-22(26(30)16-21)17-31-20-27(36)38-29(3,4)5/h21-26,28,31-34H,6-20H2,1-5H3. The zero-order valence-electron chi connectivity index (χ0n) is 24.7. The average Bonchev–Trinajstić information content (AvgIpc) is 2.88. The third kappa shape index (κ3) is 11.0. The summed E-state index contributed by atoms with van der Waals surface area (Å²) in [5.41, 5.74) is -0.491. The van der Waals surface area contributed by atoms with Gasteiger partial charge in [0.05, 0.1) is 19.3 Å². The van der Waals surface area contributed by atoms with Crippen LogP contribution in [0.3, 0.4) is 0 Å². The van der Waals surface area contributed by atoms with Gasteiger partial charge >= 0.3 is 5.97 Å².